The third kappa shape index (κ3) is 3.31. The molecule has 0 saturated carbocycles. The molecule has 0 spiro atoms. The Morgan fingerprint density at radius 2 is 1.80 bits per heavy atom. The van der Waals surface area contributed by atoms with Crippen molar-refractivity contribution in [2.45, 2.75) is 32.7 Å². The maximum Gasteiger partial charge on any atom is 0.0585 e. The average Bonchev–Trinajstić information content (AvgIpc) is 2.46. The lowest BCUT2D eigenvalue weighted by Gasteiger charge is -2.20. The van der Waals surface area contributed by atoms with Gasteiger partial charge in [0.25, 0.3) is 0 Å². The Balaban J connectivity index is 2.34. The minimum absolute atomic E-state index is 0.222. The van der Waals surface area contributed by atoms with Crippen LogP contribution in [-0.4, -0.2) is 7.05 Å². The van der Waals surface area contributed by atoms with Crippen LogP contribution in [0, 0.1) is 6.92 Å². The monoisotopic (exact) mass is 331 g/mol. The highest BCUT2D eigenvalue weighted by atomic mass is 79.9. The molecular weight excluding hydrogens is 310 g/mol. The number of halogens is 1. The van der Waals surface area contributed by atoms with Crippen LogP contribution in [0.3, 0.4) is 0 Å². The quantitative estimate of drug-likeness (QED) is 0.811. The normalized spacial score (nSPS) is 12.4. The van der Waals surface area contributed by atoms with Crippen molar-refractivity contribution in [2.75, 3.05) is 7.05 Å². The van der Waals surface area contributed by atoms with Crippen molar-refractivity contribution in [3.8, 4) is 0 Å². The van der Waals surface area contributed by atoms with E-state index in [2.05, 4.69) is 77.6 Å². The highest BCUT2D eigenvalue weighted by molar-refractivity contribution is 9.10. The van der Waals surface area contributed by atoms with Crippen molar-refractivity contribution in [1.82, 2.24) is 5.32 Å². The minimum atomic E-state index is 0.222. The molecule has 0 heterocycles. The van der Waals surface area contributed by atoms with E-state index in [1.807, 2.05) is 7.05 Å². The van der Waals surface area contributed by atoms with Crippen molar-refractivity contribution in [2.24, 2.45) is 0 Å². The van der Waals surface area contributed by atoms with Gasteiger partial charge in [0.05, 0.1) is 6.04 Å². The first-order valence-electron chi connectivity index (χ1n) is 7.18. The van der Waals surface area contributed by atoms with Gasteiger partial charge in [-0.1, -0.05) is 71.7 Å². The highest BCUT2D eigenvalue weighted by Crippen LogP contribution is 2.30. The highest BCUT2D eigenvalue weighted by Gasteiger charge is 2.15. The molecule has 1 atom stereocenters. The average molecular weight is 332 g/mol. The van der Waals surface area contributed by atoms with Gasteiger partial charge < -0.3 is 5.32 Å². The zero-order valence-corrected chi connectivity index (χ0v) is 14.0. The molecule has 1 unspecified atom stereocenters. The maximum absolute atomic E-state index is 3.72. The predicted octanol–water partition coefficient (Wildman–Crippen LogP) is 5.02. The van der Waals surface area contributed by atoms with Crippen molar-refractivity contribution in [1.29, 1.82) is 0 Å². The van der Waals surface area contributed by atoms with E-state index >= 15 is 0 Å². The van der Waals surface area contributed by atoms with Crippen LogP contribution in [0.25, 0.3) is 0 Å². The van der Waals surface area contributed by atoms with Crippen LogP contribution >= 0.6 is 15.9 Å². The van der Waals surface area contributed by atoms with E-state index in [0.717, 1.165) is 6.42 Å². The predicted molar refractivity (Wildman–Crippen MR) is 90.2 cm³/mol. The Morgan fingerprint density at radius 1 is 1.10 bits per heavy atom. The summed E-state index contributed by atoms with van der Waals surface area (Å²) < 4.78 is 1.19. The summed E-state index contributed by atoms with van der Waals surface area (Å²) in [5.74, 6) is 0. The fraction of sp³-hybridized carbons (Fsp3) is 0.333. The summed E-state index contributed by atoms with van der Waals surface area (Å²) in [7, 11) is 2.01. The first-order chi connectivity index (χ1) is 9.67. The van der Waals surface area contributed by atoms with Crippen LogP contribution in [0.5, 0.6) is 0 Å². The lowest BCUT2D eigenvalue weighted by atomic mass is 9.96. The van der Waals surface area contributed by atoms with E-state index < -0.39 is 0 Å². The van der Waals surface area contributed by atoms with Crippen LogP contribution in [0.15, 0.2) is 46.9 Å². The second kappa shape index (κ2) is 7.05. The molecule has 0 radical (unpaired) electrons. The third-order valence-electron chi connectivity index (χ3n) is 3.67. The van der Waals surface area contributed by atoms with E-state index in [1.54, 1.807) is 0 Å². The Hall–Kier alpha value is -1.12. The van der Waals surface area contributed by atoms with E-state index in [9.17, 15) is 0 Å². The number of benzene rings is 2. The number of hydrogen-bond acceptors (Lipinski definition) is 1. The molecule has 1 nitrogen and oxygen atoms in total. The summed E-state index contributed by atoms with van der Waals surface area (Å²) in [6, 6.07) is 15.6. The molecule has 0 fully saturated rings. The van der Waals surface area contributed by atoms with Crippen molar-refractivity contribution >= 4 is 15.9 Å². The fourth-order valence-corrected chi connectivity index (χ4v) is 3.05. The van der Waals surface area contributed by atoms with Gasteiger partial charge in [0.15, 0.2) is 0 Å². The molecule has 20 heavy (non-hydrogen) atoms. The minimum Gasteiger partial charge on any atom is -0.309 e. The van der Waals surface area contributed by atoms with E-state index in [4.69, 9.17) is 0 Å². The summed E-state index contributed by atoms with van der Waals surface area (Å²) >= 11 is 3.72. The van der Waals surface area contributed by atoms with Crippen LogP contribution < -0.4 is 5.32 Å². The van der Waals surface area contributed by atoms with Gasteiger partial charge in [0, 0.05) is 4.47 Å². The molecule has 2 aromatic rings. The van der Waals surface area contributed by atoms with Crippen molar-refractivity contribution in [3.63, 3.8) is 0 Å². The lowest BCUT2D eigenvalue weighted by molar-refractivity contribution is 0.687. The van der Waals surface area contributed by atoms with Crippen LogP contribution in [0.1, 0.15) is 41.6 Å². The molecule has 0 aliphatic heterocycles. The van der Waals surface area contributed by atoms with Gasteiger partial charge in [-0.15, -0.1) is 0 Å². The summed E-state index contributed by atoms with van der Waals surface area (Å²) in [6.07, 6.45) is 2.34. The molecule has 1 N–H and O–H groups in total. The standard InChI is InChI=1S/C18H22BrN/c1-4-6-14-9-11-15(12-10-14)18(20-3)16-8-5-7-13(2)17(16)19/h5,7-12,18,20H,4,6H2,1-3H3. The first-order valence-corrected chi connectivity index (χ1v) is 7.97. The molecule has 0 bridgehead atoms. The lowest BCUT2D eigenvalue weighted by Crippen LogP contribution is -2.18. The first kappa shape index (κ1) is 15.3. The summed E-state index contributed by atoms with van der Waals surface area (Å²) in [5.41, 5.74) is 5.27. The Morgan fingerprint density at radius 3 is 2.40 bits per heavy atom. The number of aryl methyl sites for hydroxylation is 2. The maximum atomic E-state index is 3.72. The topological polar surface area (TPSA) is 12.0 Å². The zero-order chi connectivity index (χ0) is 14.5. The Bertz CT molecular complexity index is 560. The molecule has 2 aromatic carbocycles. The second-order valence-electron chi connectivity index (χ2n) is 5.19. The van der Waals surface area contributed by atoms with Gasteiger partial charge in [0.1, 0.15) is 0 Å². The summed E-state index contributed by atoms with van der Waals surface area (Å²) in [5, 5.41) is 3.42. The van der Waals surface area contributed by atoms with E-state index in [0.29, 0.717) is 0 Å². The number of nitrogens with one attached hydrogen (secondary N) is 1. The molecule has 0 aliphatic carbocycles. The van der Waals surface area contributed by atoms with Crippen LogP contribution in [0.4, 0.5) is 0 Å². The fourth-order valence-electron chi connectivity index (χ4n) is 2.56. The van der Waals surface area contributed by atoms with Crippen molar-refractivity contribution in [3.05, 3.63) is 69.2 Å². The third-order valence-corrected chi connectivity index (χ3v) is 4.76. The number of hydrogen-bond donors (Lipinski definition) is 1. The number of rotatable bonds is 5. The molecular formula is C18H22BrN. The molecule has 0 amide bonds. The SMILES string of the molecule is CCCc1ccc(C(NC)c2cccc(C)c2Br)cc1. The molecule has 0 aliphatic rings. The van der Waals surface area contributed by atoms with Gasteiger partial charge in [-0.05, 0) is 42.6 Å². The van der Waals surface area contributed by atoms with Gasteiger partial charge in [-0.25, -0.2) is 0 Å². The van der Waals surface area contributed by atoms with Crippen molar-refractivity contribution < 1.29 is 0 Å². The van der Waals surface area contributed by atoms with Gasteiger partial charge >= 0.3 is 0 Å². The van der Waals surface area contributed by atoms with Crippen LogP contribution in [0.2, 0.25) is 0 Å². The molecule has 2 heteroatoms. The smallest absolute Gasteiger partial charge is 0.0585 e. The Labute approximate surface area is 130 Å². The van der Waals surface area contributed by atoms with Gasteiger partial charge in [-0.3, -0.25) is 0 Å². The van der Waals surface area contributed by atoms with E-state index in [-0.39, 0.29) is 6.04 Å². The summed E-state index contributed by atoms with van der Waals surface area (Å²) in [6.45, 7) is 4.35. The largest absolute Gasteiger partial charge is 0.309 e. The molecule has 0 aromatic heterocycles. The molecule has 2 rings (SSSR count). The van der Waals surface area contributed by atoms with Crippen LogP contribution in [-0.2, 0) is 6.42 Å². The van der Waals surface area contributed by atoms with E-state index in [1.165, 1.54) is 33.1 Å². The Kier molecular flexibility index (Phi) is 5.38. The second-order valence-corrected chi connectivity index (χ2v) is 5.98. The van der Waals surface area contributed by atoms with Gasteiger partial charge in [-0.2, -0.15) is 0 Å². The molecule has 0 saturated heterocycles. The zero-order valence-electron chi connectivity index (χ0n) is 12.4. The van der Waals surface area contributed by atoms with Gasteiger partial charge in [0.2, 0.25) is 0 Å². The summed E-state index contributed by atoms with van der Waals surface area (Å²) in [4.78, 5) is 0. The molecule has 106 valence electrons.